The van der Waals surface area contributed by atoms with Gasteiger partial charge in [-0.05, 0) is 24.1 Å². The lowest BCUT2D eigenvalue weighted by Gasteiger charge is -2.12. The highest BCUT2D eigenvalue weighted by atomic mass is 19.3. The van der Waals surface area contributed by atoms with Crippen LogP contribution in [0.15, 0.2) is 42.5 Å². The molecule has 2 aromatic rings. The van der Waals surface area contributed by atoms with E-state index in [-0.39, 0.29) is 11.3 Å². The molecule has 92 valence electrons. The number of hydrogen-bond acceptors (Lipinski definition) is 1. The molecule has 0 spiro atoms. The fourth-order valence-corrected chi connectivity index (χ4v) is 2.24. The van der Waals surface area contributed by atoms with E-state index in [0.29, 0.717) is 5.56 Å². The van der Waals surface area contributed by atoms with Gasteiger partial charge in [0.2, 0.25) is 0 Å². The summed E-state index contributed by atoms with van der Waals surface area (Å²) in [5, 5.41) is 0. The summed E-state index contributed by atoms with van der Waals surface area (Å²) in [6.45, 7) is 1.40. The van der Waals surface area contributed by atoms with Gasteiger partial charge in [-0.25, -0.2) is 0 Å². The van der Waals surface area contributed by atoms with Crippen LogP contribution in [0.1, 0.15) is 11.1 Å². The normalized spacial score (nSPS) is 16.2. The van der Waals surface area contributed by atoms with Gasteiger partial charge in [-0.3, -0.25) is 0 Å². The van der Waals surface area contributed by atoms with E-state index in [0.717, 1.165) is 11.1 Å². The minimum atomic E-state index is -2.91. The number of hydrogen-bond donors (Lipinski definition) is 0. The average molecular weight is 246 g/mol. The third-order valence-electron chi connectivity index (χ3n) is 3.16. The number of alkyl halides is 2. The SMILES string of the molecule is Cc1ccc(-c2cccc3c2C(F)(F)CO3)cc1. The molecule has 0 fully saturated rings. The molecule has 0 N–H and O–H groups in total. The molecule has 1 aliphatic heterocycles. The molecule has 3 rings (SSSR count). The molecule has 0 saturated carbocycles. The van der Waals surface area contributed by atoms with Crippen LogP contribution in [0.3, 0.4) is 0 Å². The summed E-state index contributed by atoms with van der Waals surface area (Å²) in [5.74, 6) is -2.62. The van der Waals surface area contributed by atoms with Crippen molar-refractivity contribution in [3.63, 3.8) is 0 Å². The molecule has 2 aromatic carbocycles. The standard InChI is InChI=1S/C15H12F2O/c1-10-5-7-11(8-6-10)12-3-2-4-13-14(12)15(16,17)9-18-13/h2-8H,9H2,1H3. The van der Waals surface area contributed by atoms with Crippen molar-refractivity contribution in [1.29, 1.82) is 0 Å². The van der Waals surface area contributed by atoms with Crippen molar-refractivity contribution in [2.24, 2.45) is 0 Å². The Morgan fingerprint density at radius 2 is 1.78 bits per heavy atom. The molecule has 1 aliphatic rings. The summed E-state index contributed by atoms with van der Waals surface area (Å²) in [6, 6.07) is 12.6. The monoisotopic (exact) mass is 246 g/mol. The first-order valence-electron chi connectivity index (χ1n) is 5.79. The van der Waals surface area contributed by atoms with Crippen molar-refractivity contribution in [3.8, 4) is 16.9 Å². The maximum absolute atomic E-state index is 13.8. The summed E-state index contributed by atoms with van der Waals surface area (Å²) in [6.07, 6.45) is 0. The molecule has 0 aliphatic carbocycles. The van der Waals surface area contributed by atoms with E-state index >= 15 is 0 Å². The van der Waals surface area contributed by atoms with E-state index in [1.807, 2.05) is 31.2 Å². The third-order valence-corrected chi connectivity index (χ3v) is 3.16. The first-order chi connectivity index (χ1) is 8.58. The number of halogens is 2. The topological polar surface area (TPSA) is 9.23 Å². The Morgan fingerprint density at radius 1 is 1.06 bits per heavy atom. The van der Waals surface area contributed by atoms with Crippen molar-refractivity contribution in [3.05, 3.63) is 53.6 Å². The van der Waals surface area contributed by atoms with E-state index in [1.165, 1.54) is 0 Å². The molecule has 0 amide bonds. The van der Waals surface area contributed by atoms with Crippen molar-refractivity contribution in [2.75, 3.05) is 6.61 Å². The zero-order valence-electron chi connectivity index (χ0n) is 9.91. The molecule has 18 heavy (non-hydrogen) atoms. The summed E-state index contributed by atoms with van der Waals surface area (Å²) in [4.78, 5) is 0. The summed E-state index contributed by atoms with van der Waals surface area (Å²) in [7, 11) is 0. The van der Waals surface area contributed by atoms with Crippen LogP contribution in [0, 0.1) is 6.92 Å². The van der Waals surface area contributed by atoms with E-state index < -0.39 is 12.5 Å². The average Bonchev–Trinajstić information content (AvgIpc) is 2.67. The van der Waals surface area contributed by atoms with Crippen molar-refractivity contribution in [1.82, 2.24) is 0 Å². The molecular formula is C15H12F2O. The first kappa shape index (κ1) is 11.2. The van der Waals surface area contributed by atoms with Crippen LogP contribution in [-0.4, -0.2) is 6.61 Å². The maximum atomic E-state index is 13.8. The van der Waals surface area contributed by atoms with Crippen LogP contribution in [0.5, 0.6) is 5.75 Å². The molecule has 0 unspecified atom stereocenters. The lowest BCUT2D eigenvalue weighted by Crippen LogP contribution is -2.15. The van der Waals surface area contributed by atoms with Gasteiger partial charge in [0, 0.05) is 0 Å². The van der Waals surface area contributed by atoms with Crippen LogP contribution >= 0.6 is 0 Å². The van der Waals surface area contributed by atoms with Crippen LogP contribution in [0.4, 0.5) is 8.78 Å². The van der Waals surface area contributed by atoms with Gasteiger partial charge in [0.25, 0.3) is 0 Å². The number of aryl methyl sites for hydroxylation is 1. The Labute approximate surface area is 104 Å². The minimum absolute atomic E-state index is 0.00820. The van der Waals surface area contributed by atoms with Crippen molar-refractivity contribution in [2.45, 2.75) is 12.8 Å². The first-order valence-corrected chi connectivity index (χ1v) is 5.79. The van der Waals surface area contributed by atoms with Crippen LogP contribution in [0.2, 0.25) is 0 Å². The second-order valence-electron chi connectivity index (χ2n) is 4.54. The fraction of sp³-hybridized carbons (Fsp3) is 0.200. The third kappa shape index (κ3) is 1.67. The molecular weight excluding hydrogens is 234 g/mol. The van der Waals surface area contributed by atoms with Crippen LogP contribution in [-0.2, 0) is 5.92 Å². The molecule has 0 aromatic heterocycles. The van der Waals surface area contributed by atoms with Crippen LogP contribution in [0.25, 0.3) is 11.1 Å². The Bertz CT molecular complexity index is 588. The summed E-state index contributed by atoms with van der Waals surface area (Å²) in [5.41, 5.74) is 2.46. The van der Waals surface area contributed by atoms with Crippen LogP contribution < -0.4 is 4.74 Å². The maximum Gasteiger partial charge on any atom is 0.310 e. The van der Waals surface area contributed by atoms with Gasteiger partial charge in [0.05, 0.1) is 5.56 Å². The Balaban J connectivity index is 2.20. The van der Waals surface area contributed by atoms with Gasteiger partial charge in [0.1, 0.15) is 5.75 Å². The fourth-order valence-electron chi connectivity index (χ4n) is 2.24. The van der Waals surface area contributed by atoms with E-state index in [2.05, 4.69) is 0 Å². The van der Waals surface area contributed by atoms with Gasteiger partial charge < -0.3 is 4.74 Å². The molecule has 3 heteroatoms. The summed E-state index contributed by atoms with van der Waals surface area (Å²) >= 11 is 0. The molecule has 0 bridgehead atoms. The van der Waals surface area contributed by atoms with Gasteiger partial charge in [0.15, 0.2) is 6.61 Å². The number of ether oxygens (including phenoxy) is 1. The lowest BCUT2D eigenvalue weighted by atomic mass is 9.96. The van der Waals surface area contributed by atoms with Gasteiger partial charge in [-0.1, -0.05) is 42.0 Å². The zero-order chi connectivity index (χ0) is 12.8. The quantitative estimate of drug-likeness (QED) is 0.734. The largest absolute Gasteiger partial charge is 0.486 e. The van der Waals surface area contributed by atoms with E-state index in [9.17, 15) is 8.78 Å². The minimum Gasteiger partial charge on any atom is -0.486 e. The second-order valence-corrected chi connectivity index (χ2v) is 4.54. The number of benzene rings is 2. The zero-order valence-corrected chi connectivity index (χ0v) is 9.91. The Kier molecular flexibility index (Phi) is 2.37. The predicted octanol–water partition coefficient (Wildman–Crippen LogP) is 4.15. The lowest BCUT2D eigenvalue weighted by molar-refractivity contribution is -0.0209. The highest BCUT2D eigenvalue weighted by Crippen LogP contribution is 2.46. The molecule has 1 heterocycles. The van der Waals surface area contributed by atoms with E-state index in [1.54, 1.807) is 18.2 Å². The second kappa shape index (κ2) is 3.80. The molecule has 0 saturated heterocycles. The predicted molar refractivity (Wildman–Crippen MR) is 66.0 cm³/mol. The van der Waals surface area contributed by atoms with Gasteiger partial charge >= 0.3 is 5.92 Å². The van der Waals surface area contributed by atoms with Gasteiger partial charge in [-0.2, -0.15) is 8.78 Å². The Hall–Kier alpha value is -1.90. The molecule has 0 atom stereocenters. The number of fused-ring (bicyclic) bond motifs is 1. The Morgan fingerprint density at radius 3 is 2.50 bits per heavy atom. The smallest absolute Gasteiger partial charge is 0.310 e. The molecule has 1 nitrogen and oxygen atoms in total. The molecule has 0 radical (unpaired) electrons. The highest BCUT2D eigenvalue weighted by Gasteiger charge is 2.43. The van der Waals surface area contributed by atoms with Gasteiger partial charge in [-0.15, -0.1) is 0 Å². The van der Waals surface area contributed by atoms with Crippen molar-refractivity contribution < 1.29 is 13.5 Å². The van der Waals surface area contributed by atoms with E-state index in [4.69, 9.17) is 4.74 Å². The summed E-state index contributed by atoms with van der Waals surface area (Å²) < 4.78 is 32.7. The van der Waals surface area contributed by atoms with Crippen molar-refractivity contribution >= 4 is 0 Å². The highest BCUT2D eigenvalue weighted by molar-refractivity contribution is 5.72. The number of rotatable bonds is 1.